The Labute approximate surface area is 260 Å². The van der Waals surface area contributed by atoms with E-state index in [1.165, 1.54) is 52.7 Å². The van der Waals surface area contributed by atoms with Gasteiger partial charge in [-0.1, -0.05) is 18.5 Å². The number of hydrogen-bond donors (Lipinski definition) is 2. The second-order valence-corrected chi connectivity index (χ2v) is 15.3. The second-order valence-electron chi connectivity index (χ2n) is 11.1. The summed E-state index contributed by atoms with van der Waals surface area (Å²) in [6.07, 6.45) is 2.52. The predicted octanol–water partition coefficient (Wildman–Crippen LogP) is 3.83. The highest BCUT2D eigenvalue weighted by Gasteiger charge is 2.31. The Kier molecular flexibility index (Phi) is 12.3. The fourth-order valence-electron chi connectivity index (χ4n) is 4.67. The number of fused-ring (bicyclic) bond motifs is 1. The number of halogens is 1. The minimum absolute atomic E-state index is 0.00244. The van der Waals surface area contributed by atoms with Gasteiger partial charge in [-0.3, -0.25) is 9.52 Å². The van der Waals surface area contributed by atoms with Crippen LogP contribution >= 0.6 is 11.6 Å². The summed E-state index contributed by atoms with van der Waals surface area (Å²) in [5.41, 5.74) is 0.276. The number of hydrogen-bond acceptors (Lipinski definition) is 8. The summed E-state index contributed by atoms with van der Waals surface area (Å²) >= 11 is 5.91. The largest absolute Gasteiger partial charge is 0.490 e. The van der Waals surface area contributed by atoms with Crippen LogP contribution in [0.2, 0.25) is 5.02 Å². The van der Waals surface area contributed by atoms with Gasteiger partial charge in [0.05, 0.1) is 41.6 Å². The van der Waals surface area contributed by atoms with Crippen LogP contribution in [0.4, 0.5) is 5.69 Å². The van der Waals surface area contributed by atoms with Gasteiger partial charge in [-0.15, -0.1) is 0 Å². The summed E-state index contributed by atoms with van der Waals surface area (Å²) in [5.74, 6) is -0.508. The maximum Gasteiger partial charge on any atom is 0.261 e. The molecule has 4 atom stereocenters. The van der Waals surface area contributed by atoms with E-state index in [0.717, 1.165) is 19.1 Å². The number of amides is 1. The van der Waals surface area contributed by atoms with Crippen LogP contribution in [0.25, 0.3) is 0 Å². The summed E-state index contributed by atoms with van der Waals surface area (Å²) < 4.78 is 66.5. The Morgan fingerprint density at radius 2 is 1.79 bits per heavy atom. The highest BCUT2D eigenvalue weighted by molar-refractivity contribution is 7.92. The number of nitrogens with one attached hydrogen (secondary N) is 1. The third-order valence-corrected chi connectivity index (χ3v) is 10.4. The van der Waals surface area contributed by atoms with Crippen LogP contribution < -0.4 is 9.46 Å². The standard InChI is InChI=1S/C29H42ClN3O8S2/c1-20-17-33(21(2)19-34)29(35)26-16-24(31-43(38,39)25-12-9-23(30)10-13-25)11-14-27(26)41-22(3)8-6-7-15-40-28(20)18-32(4)42(5,36)37/h9-14,16,20-22,28,31,34H,6-8,15,17-19H2,1-5H3/t20-,21+,22+,28-/m0/s1. The molecule has 11 nitrogen and oxygen atoms in total. The summed E-state index contributed by atoms with van der Waals surface area (Å²) in [7, 11) is -5.98. The predicted molar refractivity (Wildman–Crippen MR) is 167 cm³/mol. The number of rotatable bonds is 8. The Morgan fingerprint density at radius 3 is 2.42 bits per heavy atom. The smallest absolute Gasteiger partial charge is 0.261 e. The van der Waals surface area contributed by atoms with Gasteiger partial charge in [-0.2, -0.15) is 0 Å². The number of carbonyl (C=O) groups is 1. The average Bonchev–Trinajstić information content (AvgIpc) is 2.94. The van der Waals surface area contributed by atoms with E-state index < -0.39 is 38.1 Å². The molecular formula is C29H42ClN3O8S2. The molecule has 1 amide bonds. The molecule has 1 heterocycles. The number of nitrogens with zero attached hydrogens (tertiary/aromatic N) is 2. The zero-order valence-electron chi connectivity index (χ0n) is 25.2. The van der Waals surface area contributed by atoms with Crippen molar-refractivity contribution in [3.63, 3.8) is 0 Å². The number of aliphatic hydroxyl groups is 1. The molecule has 2 aromatic rings. The van der Waals surface area contributed by atoms with Gasteiger partial charge in [0.25, 0.3) is 15.9 Å². The summed E-state index contributed by atoms with van der Waals surface area (Å²) in [5, 5.41) is 10.5. The molecule has 0 unspecified atom stereocenters. The number of sulfonamides is 2. The molecule has 0 aliphatic carbocycles. The minimum atomic E-state index is -3.99. The highest BCUT2D eigenvalue weighted by atomic mass is 35.5. The molecule has 0 spiro atoms. The van der Waals surface area contributed by atoms with Crippen LogP contribution in [0, 0.1) is 5.92 Å². The van der Waals surface area contributed by atoms with Gasteiger partial charge in [0.2, 0.25) is 10.0 Å². The van der Waals surface area contributed by atoms with Crippen LogP contribution in [0.15, 0.2) is 47.4 Å². The Hall–Kier alpha value is -2.42. The second kappa shape index (κ2) is 15.0. The van der Waals surface area contributed by atoms with E-state index in [9.17, 15) is 26.7 Å². The first-order valence-electron chi connectivity index (χ1n) is 14.2. The van der Waals surface area contributed by atoms with Gasteiger partial charge >= 0.3 is 0 Å². The van der Waals surface area contributed by atoms with Crippen molar-refractivity contribution >= 4 is 43.2 Å². The topological polar surface area (TPSA) is 143 Å². The SMILES string of the molecule is C[C@@H]1CCCCO[C@@H](CN(C)S(C)(=O)=O)[C@@H](C)CN([C@H](C)CO)C(=O)c2cc(NS(=O)(=O)c3ccc(Cl)cc3)ccc2O1. The molecule has 0 aromatic heterocycles. The summed E-state index contributed by atoms with van der Waals surface area (Å²) in [6, 6.07) is 9.61. The molecule has 2 N–H and O–H groups in total. The molecule has 0 saturated heterocycles. The first-order chi connectivity index (χ1) is 20.1. The molecule has 0 fully saturated rings. The molecule has 0 radical (unpaired) electrons. The van der Waals surface area contributed by atoms with Crippen LogP contribution in [0.5, 0.6) is 5.75 Å². The number of aliphatic hydroxyl groups excluding tert-OH is 1. The lowest BCUT2D eigenvalue weighted by Crippen LogP contribution is -2.47. The lowest BCUT2D eigenvalue weighted by Gasteiger charge is -2.35. The summed E-state index contributed by atoms with van der Waals surface area (Å²) in [4.78, 5) is 15.7. The number of benzene rings is 2. The average molecular weight is 660 g/mol. The number of ether oxygens (including phenoxy) is 2. The number of likely N-dealkylation sites (N-methyl/N-ethyl adjacent to an activating group) is 1. The highest BCUT2D eigenvalue weighted by Crippen LogP contribution is 2.29. The fraction of sp³-hybridized carbons (Fsp3) is 0.552. The normalized spacial score (nSPS) is 21.9. The van der Waals surface area contributed by atoms with E-state index in [1.807, 2.05) is 13.8 Å². The lowest BCUT2D eigenvalue weighted by atomic mass is 10.0. The van der Waals surface area contributed by atoms with E-state index >= 15 is 0 Å². The van der Waals surface area contributed by atoms with Gasteiger partial charge in [-0.25, -0.2) is 21.1 Å². The van der Waals surface area contributed by atoms with Crippen molar-refractivity contribution in [2.75, 3.05) is 44.3 Å². The molecule has 1 aliphatic heterocycles. The van der Waals surface area contributed by atoms with E-state index in [1.54, 1.807) is 13.0 Å². The van der Waals surface area contributed by atoms with E-state index in [2.05, 4.69) is 4.72 Å². The zero-order chi connectivity index (χ0) is 31.9. The van der Waals surface area contributed by atoms with Crippen molar-refractivity contribution in [1.82, 2.24) is 9.21 Å². The molecule has 14 heteroatoms. The minimum Gasteiger partial charge on any atom is -0.490 e. The van der Waals surface area contributed by atoms with Crippen LogP contribution in [-0.2, 0) is 24.8 Å². The van der Waals surface area contributed by atoms with Gasteiger partial charge in [0, 0.05) is 43.4 Å². The monoisotopic (exact) mass is 659 g/mol. The molecule has 3 rings (SSSR count). The Bertz CT molecular complexity index is 1450. The van der Waals surface area contributed by atoms with Crippen molar-refractivity contribution < 1.29 is 36.2 Å². The molecular weight excluding hydrogens is 618 g/mol. The Balaban J connectivity index is 2.02. The molecule has 0 saturated carbocycles. The van der Waals surface area contributed by atoms with Crippen LogP contribution in [0.3, 0.4) is 0 Å². The molecule has 240 valence electrons. The van der Waals surface area contributed by atoms with Crippen molar-refractivity contribution in [3.05, 3.63) is 53.1 Å². The third-order valence-electron chi connectivity index (χ3n) is 7.43. The van der Waals surface area contributed by atoms with Gasteiger partial charge in [0.15, 0.2) is 0 Å². The van der Waals surface area contributed by atoms with Crippen molar-refractivity contribution in [2.24, 2.45) is 5.92 Å². The van der Waals surface area contributed by atoms with Crippen molar-refractivity contribution in [2.45, 2.75) is 63.2 Å². The summed E-state index contributed by atoms with van der Waals surface area (Å²) in [6.45, 7) is 5.77. The number of anilines is 1. The maximum absolute atomic E-state index is 14.2. The van der Waals surface area contributed by atoms with Crippen molar-refractivity contribution in [3.8, 4) is 5.75 Å². The molecule has 0 bridgehead atoms. The maximum atomic E-state index is 14.2. The molecule has 1 aliphatic rings. The lowest BCUT2D eigenvalue weighted by molar-refractivity contribution is -0.00828. The van der Waals surface area contributed by atoms with Crippen LogP contribution in [-0.4, -0.2) is 94.9 Å². The van der Waals surface area contributed by atoms with E-state index in [4.69, 9.17) is 21.1 Å². The first-order valence-corrected chi connectivity index (χ1v) is 17.9. The zero-order valence-corrected chi connectivity index (χ0v) is 27.6. The van der Waals surface area contributed by atoms with Gasteiger partial charge in [-0.05, 0) is 75.6 Å². The first kappa shape index (κ1) is 35.1. The van der Waals surface area contributed by atoms with Gasteiger partial charge in [0.1, 0.15) is 5.75 Å². The Morgan fingerprint density at radius 1 is 1.12 bits per heavy atom. The van der Waals surface area contributed by atoms with Crippen LogP contribution in [0.1, 0.15) is 50.4 Å². The fourth-order valence-corrected chi connectivity index (χ4v) is 6.26. The van der Waals surface area contributed by atoms with E-state index in [0.29, 0.717) is 18.1 Å². The van der Waals surface area contributed by atoms with Crippen molar-refractivity contribution in [1.29, 1.82) is 0 Å². The van der Waals surface area contributed by atoms with Gasteiger partial charge < -0.3 is 19.5 Å². The quantitative estimate of drug-likeness (QED) is 0.436. The third kappa shape index (κ3) is 9.79. The number of carbonyl (C=O) groups excluding carboxylic acids is 1. The molecule has 43 heavy (non-hydrogen) atoms. The van der Waals surface area contributed by atoms with E-state index in [-0.39, 0.29) is 53.6 Å². The molecule has 2 aromatic carbocycles.